The lowest BCUT2D eigenvalue weighted by molar-refractivity contribution is -0.143. The number of amides is 1. The van der Waals surface area contributed by atoms with Crippen LogP contribution in [-0.2, 0) is 24.1 Å². The minimum Gasteiger partial charge on any atom is -0.354 e. The third kappa shape index (κ3) is 3.87. The molecule has 0 saturated carbocycles. The molecule has 138 valence electrons. The highest BCUT2D eigenvalue weighted by Gasteiger charge is 2.35. The van der Waals surface area contributed by atoms with Crippen LogP contribution in [0, 0.1) is 6.92 Å². The van der Waals surface area contributed by atoms with E-state index in [1.54, 1.807) is 23.0 Å². The van der Waals surface area contributed by atoms with E-state index in [4.69, 9.17) is 0 Å². The summed E-state index contributed by atoms with van der Waals surface area (Å²) >= 11 is 0. The van der Waals surface area contributed by atoms with Crippen LogP contribution in [-0.4, -0.2) is 31.8 Å². The number of fused-ring (bicyclic) bond motifs is 1. The number of aromatic nitrogens is 4. The second kappa shape index (κ2) is 7.19. The van der Waals surface area contributed by atoms with Gasteiger partial charge in [0.2, 0.25) is 5.91 Å². The van der Waals surface area contributed by atoms with Crippen LogP contribution in [0.3, 0.4) is 0 Å². The first-order chi connectivity index (χ1) is 12.4. The number of nitrogens with one attached hydrogen (secondary N) is 1. The summed E-state index contributed by atoms with van der Waals surface area (Å²) in [6.45, 7) is 2.67. The molecule has 26 heavy (non-hydrogen) atoms. The van der Waals surface area contributed by atoms with Crippen molar-refractivity contribution in [2.75, 3.05) is 6.54 Å². The molecular formula is C17H18F3N5O. The molecule has 0 fully saturated rings. The molecule has 3 aromatic heterocycles. The van der Waals surface area contributed by atoms with Gasteiger partial charge in [-0.05, 0) is 31.2 Å². The molecule has 1 amide bonds. The number of carbonyl (C=O) groups excluding carboxylic acids is 1. The number of carbonyl (C=O) groups is 1. The van der Waals surface area contributed by atoms with Gasteiger partial charge >= 0.3 is 6.18 Å². The van der Waals surface area contributed by atoms with Gasteiger partial charge in [-0.25, -0.2) is 4.98 Å². The predicted molar refractivity (Wildman–Crippen MR) is 89.3 cm³/mol. The van der Waals surface area contributed by atoms with E-state index >= 15 is 0 Å². The van der Waals surface area contributed by atoms with Crippen molar-refractivity contribution in [3.8, 4) is 0 Å². The SMILES string of the molecule is Cc1ccnn1CCNC(=O)CCn1c(C(F)(F)F)cc2cccnc21. The minimum absolute atomic E-state index is 0.0679. The average Bonchev–Trinajstić information content (AvgIpc) is 3.16. The molecule has 0 saturated heterocycles. The Kier molecular flexibility index (Phi) is 4.97. The molecule has 0 unspecified atom stereocenters. The number of alkyl halides is 3. The van der Waals surface area contributed by atoms with Crippen molar-refractivity contribution in [3.63, 3.8) is 0 Å². The lowest BCUT2D eigenvalue weighted by Crippen LogP contribution is -2.29. The van der Waals surface area contributed by atoms with Gasteiger partial charge in [-0.3, -0.25) is 9.48 Å². The zero-order valence-electron chi connectivity index (χ0n) is 14.1. The van der Waals surface area contributed by atoms with Crippen LogP contribution in [0.4, 0.5) is 13.2 Å². The summed E-state index contributed by atoms with van der Waals surface area (Å²) in [4.78, 5) is 16.0. The molecule has 0 atom stereocenters. The van der Waals surface area contributed by atoms with E-state index in [0.717, 1.165) is 16.3 Å². The molecule has 0 bridgehead atoms. The molecule has 6 nitrogen and oxygen atoms in total. The number of aryl methyl sites for hydroxylation is 2. The van der Waals surface area contributed by atoms with Gasteiger partial charge < -0.3 is 9.88 Å². The predicted octanol–water partition coefficient (Wildman–Crippen LogP) is 2.77. The summed E-state index contributed by atoms with van der Waals surface area (Å²) in [7, 11) is 0. The molecule has 9 heteroatoms. The number of nitrogens with zero attached hydrogens (tertiary/aromatic N) is 4. The minimum atomic E-state index is -4.51. The van der Waals surface area contributed by atoms with Gasteiger partial charge in [0.15, 0.2) is 0 Å². The molecule has 1 N–H and O–H groups in total. The maximum atomic E-state index is 13.2. The number of halogens is 3. The fourth-order valence-electron chi connectivity index (χ4n) is 2.78. The van der Waals surface area contributed by atoms with Crippen LogP contribution >= 0.6 is 0 Å². The smallest absolute Gasteiger partial charge is 0.354 e. The largest absolute Gasteiger partial charge is 0.431 e. The van der Waals surface area contributed by atoms with Gasteiger partial charge in [-0.2, -0.15) is 18.3 Å². The molecule has 0 spiro atoms. The highest BCUT2D eigenvalue weighted by Crippen LogP contribution is 2.33. The van der Waals surface area contributed by atoms with Crippen LogP contribution in [0.1, 0.15) is 17.8 Å². The third-order valence-electron chi connectivity index (χ3n) is 4.08. The van der Waals surface area contributed by atoms with Gasteiger partial charge in [-0.1, -0.05) is 0 Å². The van der Waals surface area contributed by atoms with Gasteiger partial charge in [-0.15, -0.1) is 0 Å². The van der Waals surface area contributed by atoms with Crippen LogP contribution in [0.2, 0.25) is 0 Å². The van der Waals surface area contributed by atoms with Crippen molar-refractivity contribution in [2.24, 2.45) is 0 Å². The van der Waals surface area contributed by atoms with E-state index in [1.807, 2.05) is 13.0 Å². The van der Waals surface area contributed by atoms with E-state index < -0.39 is 11.9 Å². The number of pyridine rings is 1. The highest BCUT2D eigenvalue weighted by molar-refractivity contribution is 5.79. The lowest BCUT2D eigenvalue weighted by Gasteiger charge is -2.12. The maximum Gasteiger partial charge on any atom is 0.431 e. The van der Waals surface area contributed by atoms with Crippen molar-refractivity contribution < 1.29 is 18.0 Å². The standard InChI is InChI=1S/C17H18F3N5O/c1-12-4-7-23-25(12)10-8-21-15(26)5-9-24-14(17(18,19)20)11-13-3-2-6-22-16(13)24/h2-4,6-7,11H,5,8-10H2,1H3,(H,21,26). The molecule has 0 aromatic carbocycles. The Morgan fingerprint density at radius 1 is 1.23 bits per heavy atom. The zero-order chi connectivity index (χ0) is 18.7. The Hall–Kier alpha value is -2.84. The van der Waals surface area contributed by atoms with E-state index in [-0.39, 0.29) is 24.5 Å². The Labute approximate surface area is 147 Å². The molecule has 0 aliphatic heterocycles. The fraction of sp³-hybridized carbons (Fsp3) is 0.353. The highest BCUT2D eigenvalue weighted by atomic mass is 19.4. The molecule has 3 aromatic rings. The number of hydrogen-bond acceptors (Lipinski definition) is 3. The molecule has 3 rings (SSSR count). The van der Waals surface area contributed by atoms with Gasteiger partial charge in [0, 0.05) is 43.0 Å². The van der Waals surface area contributed by atoms with Crippen LogP contribution < -0.4 is 5.32 Å². The third-order valence-corrected chi connectivity index (χ3v) is 4.08. The van der Waals surface area contributed by atoms with Gasteiger partial charge in [0.25, 0.3) is 0 Å². The second-order valence-corrected chi connectivity index (χ2v) is 5.89. The molecule has 0 radical (unpaired) electrons. The van der Waals surface area contributed by atoms with E-state index in [2.05, 4.69) is 15.4 Å². The quantitative estimate of drug-likeness (QED) is 0.731. The summed E-state index contributed by atoms with van der Waals surface area (Å²) in [5.41, 5.74) is 0.393. The summed E-state index contributed by atoms with van der Waals surface area (Å²) < 4.78 is 42.5. The van der Waals surface area contributed by atoms with Crippen molar-refractivity contribution in [1.82, 2.24) is 24.6 Å². The zero-order valence-corrected chi connectivity index (χ0v) is 14.1. The monoisotopic (exact) mass is 365 g/mol. The molecular weight excluding hydrogens is 347 g/mol. The lowest BCUT2D eigenvalue weighted by atomic mass is 10.3. The first-order valence-electron chi connectivity index (χ1n) is 8.13. The molecule has 0 aliphatic rings. The van der Waals surface area contributed by atoms with Crippen molar-refractivity contribution >= 4 is 16.9 Å². The average molecular weight is 365 g/mol. The summed E-state index contributed by atoms with van der Waals surface area (Å²) in [5.74, 6) is -0.319. The Balaban J connectivity index is 1.63. The normalized spacial score (nSPS) is 11.8. The van der Waals surface area contributed by atoms with Crippen LogP contribution in [0.15, 0.2) is 36.7 Å². The van der Waals surface area contributed by atoms with Crippen molar-refractivity contribution in [3.05, 3.63) is 48.0 Å². The fourth-order valence-corrected chi connectivity index (χ4v) is 2.78. The van der Waals surface area contributed by atoms with Gasteiger partial charge in [0.1, 0.15) is 11.3 Å². The Bertz CT molecular complexity index is 913. The Morgan fingerprint density at radius 2 is 2.04 bits per heavy atom. The van der Waals surface area contributed by atoms with E-state index in [1.165, 1.54) is 6.20 Å². The summed E-state index contributed by atoms with van der Waals surface area (Å²) in [5, 5.41) is 7.20. The summed E-state index contributed by atoms with van der Waals surface area (Å²) in [6.07, 6.45) is -1.47. The van der Waals surface area contributed by atoms with Crippen molar-refractivity contribution in [1.29, 1.82) is 0 Å². The van der Waals surface area contributed by atoms with E-state index in [9.17, 15) is 18.0 Å². The first-order valence-corrected chi connectivity index (χ1v) is 8.13. The maximum absolute atomic E-state index is 13.2. The van der Waals surface area contributed by atoms with Crippen LogP contribution in [0.25, 0.3) is 11.0 Å². The van der Waals surface area contributed by atoms with Crippen LogP contribution in [0.5, 0.6) is 0 Å². The summed E-state index contributed by atoms with van der Waals surface area (Å²) in [6, 6.07) is 6.06. The second-order valence-electron chi connectivity index (χ2n) is 5.89. The first kappa shape index (κ1) is 18.0. The molecule has 3 heterocycles. The number of hydrogen-bond donors (Lipinski definition) is 1. The van der Waals surface area contributed by atoms with Gasteiger partial charge in [0.05, 0.1) is 6.54 Å². The molecule has 0 aliphatic carbocycles. The number of rotatable bonds is 6. The topological polar surface area (TPSA) is 64.7 Å². The van der Waals surface area contributed by atoms with Crippen molar-refractivity contribution in [2.45, 2.75) is 32.6 Å². The Morgan fingerprint density at radius 3 is 2.73 bits per heavy atom. The van der Waals surface area contributed by atoms with E-state index in [0.29, 0.717) is 18.5 Å².